The molecule has 0 radical (unpaired) electrons. The molecule has 0 unspecified atom stereocenters. The Balaban J connectivity index is 2.18. The number of carboxylic acids is 1. The molecule has 0 spiro atoms. The number of anilines is 2. The van der Waals surface area contributed by atoms with Gasteiger partial charge in [0.25, 0.3) is 0 Å². The van der Waals surface area contributed by atoms with Crippen LogP contribution in [0.25, 0.3) is 0 Å². The van der Waals surface area contributed by atoms with Gasteiger partial charge in [0.15, 0.2) is 0 Å². The Morgan fingerprint density at radius 3 is 2.28 bits per heavy atom. The van der Waals surface area contributed by atoms with Crippen molar-refractivity contribution in [1.82, 2.24) is 0 Å². The van der Waals surface area contributed by atoms with Gasteiger partial charge in [0.1, 0.15) is 5.82 Å². The monoisotopic (exact) mass is 265 g/mol. The lowest BCUT2D eigenvalue weighted by molar-refractivity contribution is 0.0697. The third-order valence-corrected chi connectivity index (χ3v) is 2.63. The smallest absolute Gasteiger partial charge is 0.335 e. The average molecular weight is 266 g/mol. The molecule has 0 fully saturated rings. The minimum Gasteiger partial charge on any atom is -0.478 e. The molecule has 0 heterocycles. The van der Waals surface area contributed by atoms with Gasteiger partial charge < -0.3 is 10.4 Å². The van der Waals surface area contributed by atoms with Crippen molar-refractivity contribution < 1.29 is 14.3 Å². The molecule has 2 N–H and O–H groups in total. The predicted octanol–water partition coefficient (Wildman–Crippen LogP) is 3.92. The Kier molecular flexibility index (Phi) is 3.48. The third kappa shape index (κ3) is 2.78. The zero-order chi connectivity index (χ0) is 13.1. The number of carboxylic acid groups (broad SMARTS) is 1. The van der Waals surface area contributed by atoms with Crippen LogP contribution in [0.15, 0.2) is 42.5 Å². The topological polar surface area (TPSA) is 49.3 Å². The number of hydrogen-bond acceptors (Lipinski definition) is 2. The number of halogens is 2. The molecule has 0 aromatic heterocycles. The van der Waals surface area contributed by atoms with Gasteiger partial charge in [-0.1, -0.05) is 11.6 Å². The van der Waals surface area contributed by atoms with E-state index >= 15 is 0 Å². The van der Waals surface area contributed by atoms with Crippen molar-refractivity contribution in [3.8, 4) is 0 Å². The van der Waals surface area contributed by atoms with Crippen LogP contribution in [0.2, 0.25) is 5.02 Å². The minimum absolute atomic E-state index is 0.0298. The largest absolute Gasteiger partial charge is 0.478 e. The van der Waals surface area contributed by atoms with E-state index in [1.165, 1.54) is 24.3 Å². The van der Waals surface area contributed by atoms with Gasteiger partial charge in [-0.25, -0.2) is 9.18 Å². The number of rotatable bonds is 3. The second-order valence-corrected chi connectivity index (χ2v) is 4.04. The Labute approximate surface area is 108 Å². The van der Waals surface area contributed by atoms with Crippen LogP contribution in [0.5, 0.6) is 0 Å². The molecule has 0 aliphatic carbocycles. The van der Waals surface area contributed by atoms with Crippen LogP contribution in [0, 0.1) is 5.82 Å². The predicted molar refractivity (Wildman–Crippen MR) is 68.1 cm³/mol. The third-order valence-electron chi connectivity index (χ3n) is 2.34. The number of hydrogen-bond donors (Lipinski definition) is 2. The fraction of sp³-hybridized carbons (Fsp3) is 0. The fourth-order valence-electron chi connectivity index (χ4n) is 1.44. The van der Waals surface area contributed by atoms with Crippen LogP contribution >= 0.6 is 11.6 Å². The molecule has 0 amide bonds. The van der Waals surface area contributed by atoms with Crippen molar-refractivity contribution in [2.75, 3.05) is 5.32 Å². The number of aromatic carboxylic acids is 1. The van der Waals surface area contributed by atoms with Crippen molar-refractivity contribution in [1.29, 1.82) is 0 Å². The lowest BCUT2D eigenvalue weighted by atomic mass is 10.2. The number of nitrogens with one attached hydrogen (secondary N) is 1. The molecule has 0 bridgehead atoms. The first-order chi connectivity index (χ1) is 8.56. The maximum atomic E-state index is 13.0. The normalized spacial score (nSPS) is 10.1. The quantitative estimate of drug-likeness (QED) is 0.884. The van der Waals surface area contributed by atoms with Crippen LogP contribution in [-0.4, -0.2) is 11.1 Å². The van der Waals surface area contributed by atoms with Crippen LogP contribution in [-0.2, 0) is 0 Å². The van der Waals surface area contributed by atoms with Crippen molar-refractivity contribution in [2.24, 2.45) is 0 Å². The van der Waals surface area contributed by atoms with Gasteiger partial charge in [-0.2, -0.15) is 0 Å². The van der Waals surface area contributed by atoms with Gasteiger partial charge in [-0.15, -0.1) is 0 Å². The molecule has 5 heteroatoms. The molecular weight excluding hydrogens is 257 g/mol. The van der Waals surface area contributed by atoms with Crippen molar-refractivity contribution in [2.45, 2.75) is 0 Å². The second-order valence-electron chi connectivity index (χ2n) is 3.64. The summed E-state index contributed by atoms with van der Waals surface area (Å²) in [6, 6.07) is 10.5. The molecular formula is C13H9ClFNO2. The molecule has 0 saturated heterocycles. The minimum atomic E-state index is -0.980. The zero-order valence-corrected chi connectivity index (χ0v) is 9.91. The molecule has 2 aromatic carbocycles. The molecule has 3 nitrogen and oxygen atoms in total. The van der Waals surface area contributed by atoms with E-state index in [9.17, 15) is 9.18 Å². The molecule has 2 rings (SSSR count). The zero-order valence-electron chi connectivity index (χ0n) is 9.15. The number of carbonyl (C=O) groups is 1. The van der Waals surface area contributed by atoms with Crippen molar-refractivity contribution in [3.63, 3.8) is 0 Å². The van der Waals surface area contributed by atoms with Crippen molar-refractivity contribution >= 4 is 28.9 Å². The summed E-state index contributed by atoms with van der Waals surface area (Å²) in [6.45, 7) is 0. The van der Waals surface area contributed by atoms with E-state index in [2.05, 4.69) is 5.32 Å². The average Bonchev–Trinajstić information content (AvgIpc) is 2.34. The summed E-state index contributed by atoms with van der Waals surface area (Å²) in [5.74, 6) is -1.46. The van der Waals surface area contributed by atoms with E-state index < -0.39 is 11.8 Å². The molecule has 18 heavy (non-hydrogen) atoms. The van der Waals surface area contributed by atoms with Crippen LogP contribution < -0.4 is 5.32 Å². The highest BCUT2D eigenvalue weighted by Crippen LogP contribution is 2.22. The lowest BCUT2D eigenvalue weighted by Gasteiger charge is -2.07. The highest BCUT2D eigenvalue weighted by atomic mass is 35.5. The van der Waals surface area contributed by atoms with Gasteiger partial charge in [-0.05, 0) is 42.5 Å². The van der Waals surface area contributed by atoms with E-state index in [0.29, 0.717) is 11.4 Å². The summed E-state index contributed by atoms with van der Waals surface area (Å²) in [7, 11) is 0. The standard InChI is InChI=1S/C13H9ClFNO2/c14-11-7-10(5-6-12(11)15)16-9-3-1-8(2-4-9)13(17)18/h1-7,16H,(H,17,18). The first-order valence-corrected chi connectivity index (χ1v) is 5.49. The molecule has 0 aliphatic rings. The number of benzene rings is 2. The maximum Gasteiger partial charge on any atom is 0.335 e. The van der Waals surface area contributed by atoms with Crippen molar-refractivity contribution in [3.05, 3.63) is 58.9 Å². The Morgan fingerprint density at radius 2 is 1.72 bits per heavy atom. The van der Waals surface area contributed by atoms with Gasteiger partial charge >= 0.3 is 5.97 Å². The fourth-order valence-corrected chi connectivity index (χ4v) is 1.62. The summed E-state index contributed by atoms with van der Waals surface area (Å²) in [6.07, 6.45) is 0. The van der Waals surface area contributed by atoms with E-state index in [1.54, 1.807) is 18.2 Å². The van der Waals surface area contributed by atoms with Gasteiger partial charge in [0.05, 0.1) is 10.6 Å². The highest BCUT2D eigenvalue weighted by molar-refractivity contribution is 6.31. The summed E-state index contributed by atoms with van der Waals surface area (Å²) >= 11 is 5.65. The van der Waals surface area contributed by atoms with Gasteiger partial charge in [0.2, 0.25) is 0 Å². The van der Waals surface area contributed by atoms with Gasteiger partial charge in [-0.3, -0.25) is 0 Å². The van der Waals surface area contributed by atoms with E-state index in [-0.39, 0.29) is 10.6 Å². The first-order valence-electron chi connectivity index (χ1n) is 5.12. The maximum absolute atomic E-state index is 13.0. The van der Waals surface area contributed by atoms with Crippen LogP contribution in [0.4, 0.5) is 15.8 Å². The molecule has 0 aliphatic heterocycles. The lowest BCUT2D eigenvalue weighted by Crippen LogP contribution is -1.96. The molecule has 0 saturated carbocycles. The van der Waals surface area contributed by atoms with E-state index in [4.69, 9.17) is 16.7 Å². The highest BCUT2D eigenvalue weighted by Gasteiger charge is 2.03. The molecule has 0 atom stereocenters. The van der Waals surface area contributed by atoms with Crippen LogP contribution in [0.3, 0.4) is 0 Å². The van der Waals surface area contributed by atoms with E-state index in [0.717, 1.165) is 0 Å². The Bertz CT molecular complexity index is 584. The van der Waals surface area contributed by atoms with E-state index in [1.807, 2.05) is 0 Å². The first kappa shape index (κ1) is 12.4. The summed E-state index contributed by atoms with van der Waals surface area (Å²) in [4.78, 5) is 10.7. The molecule has 2 aromatic rings. The Morgan fingerprint density at radius 1 is 1.11 bits per heavy atom. The second kappa shape index (κ2) is 5.06. The summed E-state index contributed by atoms with van der Waals surface area (Å²) in [5, 5.41) is 11.8. The Hall–Kier alpha value is -2.07. The van der Waals surface area contributed by atoms with Gasteiger partial charge in [0, 0.05) is 11.4 Å². The summed E-state index contributed by atoms with van der Waals surface area (Å²) < 4.78 is 13.0. The SMILES string of the molecule is O=C(O)c1ccc(Nc2ccc(F)c(Cl)c2)cc1. The van der Waals surface area contributed by atoms with Crippen LogP contribution in [0.1, 0.15) is 10.4 Å². The summed E-state index contributed by atoms with van der Waals surface area (Å²) in [5.41, 5.74) is 1.53. The molecule has 92 valence electrons.